The van der Waals surface area contributed by atoms with Gasteiger partial charge in [-0.3, -0.25) is 0 Å². The minimum atomic E-state index is 0.984. The molecule has 0 nitrogen and oxygen atoms in total. The molecule has 0 spiro atoms. The zero-order valence-corrected chi connectivity index (χ0v) is 4.28. The molecule has 0 amide bonds. The number of hydrogen-bond donors (Lipinski definition) is 0. The molecule has 0 heteroatoms. The van der Waals surface area contributed by atoms with Gasteiger partial charge in [-0.2, -0.15) is 0 Å². The Hall–Kier alpha value is -0.520. The lowest BCUT2D eigenvalue weighted by Gasteiger charge is -1.74. The Morgan fingerprint density at radius 2 is 2.33 bits per heavy atom. The van der Waals surface area contributed by atoms with Crippen molar-refractivity contribution in [1.82, 2.24) is 0 Å². The minimum Gasteiger partial charge on any atom is -0.0955 e. The van der Waals surface area contributed by atoms with Crippen LogP contribution in [0.15, 0.2) is 18.2 Å². The summed E-state index contributed by atoms with van der Waals surface area (Å²) in [5.74, 6) is 0. The molecule has 0 rings (SSSR count). The first-order valence-electron chi connectivity index (χ1n) is 1.97. The van der Waals surface area contributed by atoms with Crippen LogP contribution in [0.25, 0.3) is 0 Å². The highest BCUT2D eigenvalue weighted by atomic mass is 13.7. The second-order valence-electron chi connectivity index (χ2n) is 1.21. The van der Waals surface area contributed by atoms with Crippen molar-refractivity contribution in [3.63, 3.8) is 0 Å². The van der Waals surface area contributed by atoms with Gasteiger partial charge in [0.15, 0.2) is 0 Å². The van der Waals surface area contributed by atoms with Crippen LogP contribution in [0, 0.1) is 6.08 Å². The van der Waals surface area contributed by atoms with Crippen molar-refractivity contribution >= 4 is 0 Å². The van der Waals surface area contributed by atoms with Crippen molar-refractivity contribution < 1.29 is 0 Å². The van der Waals surface area contributed by atoms with E-state index < -0.39 is 0 Å². The molecule has 1 radical (unpaired) electrons. The molecule has 0 aliphatic rings. The first-order valence-corrected chi connectivity index (χ1v) is 1.97. The largest absolute Gasteiger partial charge is 0.0955 e. The maximum Gasteiger partial charge on any atom is -0.0204 e. The molecule has 0 atom stereocenters. The van der Waals surface area contributed by atoms with Gasteiger partial charge in [0.1, 0.15) is 0 Å². The van der Waals surface area contributed by atoms with E-state index in [0.29, 0.717) is 0 Å². The van der Waals surface area contributed by atoms with E-state index in [1.54, 1.807) is 0 Å². The summed E-state index contributed by atoms with van der Waals surface area (Å²) in [5.41, 5.74) is 0.984. The predicted molar refractivity (Wildman–Crippen MR) is 28.3 cm³/mol. The van der Waals surface area contributed by atoms with Crippen LogP contribution in [0.5, 0.6) is 0 Å². The zero-order chi connectivity index (χ0) is 4.99. The third kappa shape index (κ3) is 3.48. The normalized spacial score (nSPS) is 9.67. The third-order valence-electron chi connectivity index (χ3n) is 0.391. The first-order chi connectivity index (χ1) is 2.77. The van der Waals surface area contributed by atoms with Crippen molar-refractivity contribution in [2.24, 2.45) is 0 Å². The van der Waals surface area contributed by atoms with E-state index in [9.17, 15) is 0 Å². The summed E-state index contributed by atoms with van der Waals surface area (Å²) in [6.45, 7) is 7.44. The van der Waals surface area contributed by atoms with E-state index in [4.69, 9.17) is 0 Å². The molecule has 0 unspecified atom stereocenters. The van der Waals surface area contributed by atoms with Crippen LogP contribution in [-0.4, -0.2) is 0 Å². The highest BCUT2D eigenvalue weighted by molar-refractivity contribution is 5.01. The van der Waals surface area contributed by atoms with Gasteiger partial charge in [0.2, 0.25) is 0 Å². The van der Waals surface area contributed by atoms with Crippen LogP contribution in [0.1, 0.15) is 13.8 Å². The Morgan fingerprint density at radius 1 is 1.83 bits per heavy atom. The van der Waals surface area contributed by atoms with Crippen LogP contribution >= 0.6 is 0 Å². The summed E-state index contributed by atoms with van der Waals surface area (Å²) in [6, 6.07) is 0. The monoisotopic (exact) mass is 81.1 g/mol. The maximum atomic E-state index is 3.60. The van der Waals surface area contributed by atoms with E-state index in [1.165, 1.54) is 0 Å². The molecule has 0 aromatic heterocycles. The second kappa shape index (κ2) is 2.70. The van der Waals surface area contributed by atoms with Gasteiger partial charge in [0.25, 0.3) is 0 Å². The molecule has 0 heterocycles. The van der Waals surface area contributed by atoms with E-state index in [2.05, 4.69) is 12.7 Å². The molecule has 0 saturated carbocycles. The topological polar surface area (TPSA) is 0 Å². The molecule has 0 aliphatic heterocycles. The number of rotatable bonds is 1. The van der Waals surface area contributed by atoms with Crippen LogP contribution in [0.2, 0.25) is 0 Å². The van der Waals surface area contributed by atoms with E-state index in [-0.39, 0.29) is 0 Å². The first kappa shape index (κ1) is 5.48. The van der Waals surface area contributed by atoms with Gasteiger partial charge in [-0.1, -0.05) is 18.2 Å². The molecule has 0 N–H and O–H groups in total. The second-order valence-corrected chi connectivity index (χ2v) is 1.21. The Balaban J connectivity index is 3.30. The lowest BCUT2D eigenvalue weighted by molar-refractivity contribution is 1.49. The molecule has 0 aromatic rings. The predicted octanol–water partition coefficient (Wildman–Crippen LogP) is 1.94. The van der Waals surface area contributed by atoms with Crippen LogP contribution < -0.4 is 0 Å². The number of hydrogen-bond acceptors (Lipinski definition) is 0. The quantitative estimate of drug-likeness (QED) is 0.423. The summed E-state index contributed by atoms with van der Waals surface area (Å²) in [5, 5.41) is 0. The van der Waals surface area contributed by atoms with Gasteiger partial charge in [0.05, 0.1) is 0 Å². The van der Waals surface area contributed by atoms with Crippen molar-refractivity contribution in [3.8, 4) is 0 Å². The third-order valence-corrected chi connectivity index (χ3v) is 0.391. The summed E-state index contributed by atoms with van der Waals surface area (Å²) in [4.78, 5) is 0. The lowest BCUT2D eigenvalue weighted by Crippen LogP contribution is -1.56. The highest BCUT2D eigenvalue weighted by Crippen LogP contribution is 1.83. The van der Waals surface area contributed by atoms with E-state index in [1.807, 2.05) is 19.9 Å². The van der Waals surface area contributed by atoms with Crippen LogP contribution in [0.4, 0.5) is 0 Å². The Kier molecular flexibility index (Phi) is 2.47. The summed E-state index contributed by atoms with van der Waals surface area (Å²) in [6.07, 6.45) is 4.74. The lowest BCUT2D eigenvalue weighted by atomic mass is 10.3. The Bertz CT molecular complexity index is 68.1. The fourth-order valence-electron chi connectivity index (χ4n) is 0.246. The summed E-state index contributed by atoms with van der Waals surface area (Å²) in [7, 11) is 0. The molecule has 33 valence electrons. The van der Waals surface area contributed by atoms with Crippen molar-refractivity contribution in [1.29, 1.82) is 0 Å². The standard InChI is InChI=1S/C6H9/c1-4-5-6(2)3/h4H,2H2,1,3H3. The molecule has 0 aromatic carbocycles. The molecule has 0 saturated heterocycles. The molecule has 0 fully saturated rings. The molecular weight excluding hydrogens is 72.1 g/mol. The van der Waals surface area contributed by atoms with Gasteiger partial charge in [-0.15, -0.1) is 0 Å². The molecule has 0 bridgehead atoms. The summed E-state index contributed by atoms with van der Waals surface area (Å²) >= 11 is 0. The van der Waals surface area contributed by atoms with Crippen LogP contribution in [0.3, 0.4) is 0 Å². The van der Waals surface area contributed by atoms with Gasteiger partial charge in [0, 0.05) is 0 Å². The van der Waals surface area contributed by atoms with Gasteiger partial charge in [-0.05, 0) is 19.9 Å². The fourth-order valence-corrected chi connectivity index (χ4v) is 0.246. The smallest absolute Gasteiger partial charge is 0.0204 e. The van der Waals surface area contributed by atoms with Crippen molar-refractivity contribution in [2.75, 3.05) is 0 Å². The van der Waals surface area contributed by atoms with Crippen LogP contribution in [-0.2, 0) is 0 Å². The van der Waals surface area contributed by atoms with E-state index >= 15 is 0 Å². The Morgan fingerprint density at radius 3 is 2.33 bits per heavy atom. The Labute approximate surface area is 39.2 Å². The molecule has 6 heavy (non-hydrogen) atoms. The fraction of sp³-hybridized carbons (Fsp3) is 0.333. The average molecular weight is 81.1 g/mol. The minimum absolute atomic E-state index is 0.984. The summed E-state index contributed by atoms with van der Waals surface area (Å²) < 4.78 is 0. The van der Waals surface area contributed by atoms with Crippen molar-refractivity contribution in [3.05, 3.63) is 24.3 Å². The highest BCUT2D eigenvalue weighted by Gasteiger charge is 1.65. The molecular formula is C6H9. The maximum absolute atomic E-state index is 3.60. The zero-order valence-electron chi connectivity index (χ0n) is 4.28. The van der Waals surface area contributed by atoms with Gasteiger partial charge >= 0.3 is 0 Å². The molecule has 0 aliphatic carbocycles. The van der Waals surface area contributed by atoms with Gasteiger partial charge < -0.3 is 0 Å². The average Bonchev–Trinajstić information content (AvgIpc) is 1.35. The number of allylic oxidation sites excluding steroid dienone is 3. The van der Waals surface area contributed by atoms with Gasteiger partial charge in [-0.25, -0.2) is 0 Å². The van der Waals surface area contributed by atoms with E-state index in [0.717, 1.165) is 5.57 Å². The van der Waals surface area contributed by atoms with Crippen molar-refractivity contribution in [2.45, 2.75) is 13.8 Å². The SMILES string of the molecule is C=C(C)/[C]=C/C.